The second kappa shape index (κ2) is 8.74. The number of aromatic nitrogens is 1. The number of hydrogen-bond acceptors (Lipinski definition) is 5. The molecule has 0 unspecified atom stereocenters. The molecule has 1 aromatic heterocycles. The lowest BCUT2D eigenvalue weighted by Gasteiger charge is -2.11. The van der Waals surface area contributed by atoms with E-state index in [1.807, 2.05) is 0 Å². The van der Waals surface area contributed by atoms with Gasteiger partial charge in [0.1, 0.15) is 5.75 Å². The first-order valence-corrected chi connectivity index (χ1v) is 8.79. The van der Waals surface area contributed by atoms with E-state index in [-0.39, 0.29) is 33.4 Å². The number of anilines is 1. The standard InChI is InChI=1S/C19H13BClF3N2O4/c21-13-4-7-15(20(28)29)16(9-13)26-18(27)11-1-8-17(25-10-11)30-14-5-2-12(3-6-14)19(22,23)24/h1-10,28-29H,(H,26,27). The van der Waals surface area contributed by atoms with Gasteiger partial charge in [-0.1, -0.05) is 17.7 Å². The third-order valence-electron chi connectivity index (χ3n) is 3.94. The van der Waals surface area contributed by atoms with Crippen molar-refractivity contribution in [3.05, 3.63) is 76.9 Å². The highest BCUT2D eigenvalue weighted by atomic mass is 35.5. The molecule has 0 spiro atoms. The quantitative estimate of drug-likeness (QED) is 0.533. The van der Waals surface area contributed by atoms with E-state index >= 15 is 0 Å². The summed E-state index contributed by atoms with van der Waals surface area (Å²) in [7, 11) is -1.81. The molecule has 3 aromatic rings. The van der Waals surface area contributed by atoms with E-state index < -0.39 is 24.8 Å². The van der Waals surface area contributed by atoms with E-state index in [4.69, 9.17) is 16.3 Å². The Balaban J connectivity index is 1.70. The minimum absolute atomic E-state index is 0.0583. The lowest BCUT2D eigenvalue weighted by molar-refractivity contribution is -0.137. The van der Waals surface area contributed by atoms with Crippen molar-refractivity contribution >= 4 is 35.8 Å². The molecular weight excluding hydrogens is 423 g/mol. The smallest absolute Gasteiger partial charge is 0.439 e. The summed E-state index contributed by atoms with van der Waals surface area (Å²) >= 11 is 5.88. The van der Waals surface area contributed by atoms with Crippen LogP contribution in [-0.4, -0.2) is 28.1 Å². The Bertz CT molecular complexity index is 1050. The number of benzene rings is 2. The van der Waals surface area contributed by atoms with Gasteiger partial charge < -0.3 is 20.1 Å². The number of pyridine rings is 1. The average molecular weight is 437 g/mol. The minimum Gasteiger partial charge on any atom is -0.439 e. The van der Waals surface area contributed by atoms with Crippen LogP contribution in [0.2, 0.25) is 5.02 Å². The van der Waals surface area contributed by atoms with Crippen LogP contribution in [0.15, 0.2) is 60.8 Å². The Morgan fingerprint density at radius 3 is 2.33 bits per heavy atom. The van der Waals surface area contributed by atoms with Crippen LogP contribution in [0.4, 0.5) is 18.9 Å². The summed E-state index contributed by atoms with van der Waals surface area (Å²) < 4.78 is 43.1. The van der Waals surface area contributed by atoms with E-state index in [0.29, 0.717) is 0 Å². The molecule has 1 amide bonds. The van der Waals surface area contributed by atoms with Gasteiger partial charge in [-0.05, 0) is 42.5 Å². The van der Waals surface area contributed by atoms with Crippen molar-refractivity contribution in [2.24, 2.45) is 0 Å². The molecule has 11 heteroatoms. The fraction of sp³-hybridized carbons (Fsp3) is 0.0526. The maximum atomic E-state index is 12.6. The van der Waals surface area contributed by atoms with E-state index in [1.54, 1.807) is 0 Å². The van der Waals surface area contributed by atoms with Crippen LogP contribution in [0, 0.1) is 0 Å². The van der Waals surface area contributed by atoms with Gasteiger partial charge in [0.15, 0.2) is 0 Å². The monoisotopic (exact) mass is 436 g/mol. The van der Waals surface area contributed by atoms with E-state index in [0.717, 1.165) is 24.3 Å². The van der Waals surface area contributed by atoms with Gasteiger partial charge in [-0.25, -0.2) is 4.98 Å². The molecule has 0 atom stereocenters. The fourth-order valence-electron chi connectivity index (χ4n) is 2.46. The number of rotatable bonds is 5. The zero-order chi connectivity index (χ0) is 21.9. The van der Waals surface area contributed by atoms with Gasteiger partial charge in [-0.3, -0.25) is 4.79 Å². The number of hydrogen-bond donors (Lipinski definition) is 3. The van der Waals surface area contributed by atoms with Crippen LogP contribution < -0.4 is 15.5 Å². The second-order valence-electron chi connectivity index (χ2n) is 6.07. The van der Waals surface area contributed by atoms with Crippen LogP contribution >= 0.6 is 11.6 Å². The molecule has 0 fully saturated rings. The van der Waals surface area contributed by atoms with Crippen molar-refractivity contribution in [1.82, 2.24) is 4.98 Å². The van der Waals surface area contributed by atoms with Gasteiger partial charge in [0.2, 0.25) is 5.88 Å². The van der Waals surface area contributed by atoms with Crippen molar-refractivity contribution in [3.8, 4) is 11.6 Å². The third-order valence-corrected chi connectivity index (χ3v) is 4.18. The summed E-state index contributed by atoms with van der Waals surface area (Å²) in [5.41, 5.74) is -0.494. The van der Waals surface area contributed by atoms with E-state index in [9.17, 15) is 28.0 Å². The Morgan fingerprint density at radius 2 is 1.77 bits per heavy atom. The molecule has 0 bridgehead atoms. The number of amides is 1. The summed E-state index contributed by atoms with van der Waals surface area (Å²) in [4.78, 5) is 16.3. The molecule has 0 aliphatic rings. The molecule has 0 radical (unpaired) electrons. The lowest BCUT2D eigenvalue weighted by Crippen LogP contribution is -2.33. The first-order valence-electron chi connectivity index (χ1n) is 8.41. The lowest BCUT2D eigenvalue weighted by atomic mass is 9.79. The summed E-state index contributed by atoms with van der Waals surface area (Å²) in [6.45, 7) is 0. The van der Waals surface area contributed by atoms with Crippen molar-refractivity contribution in [2.75, 3.05) is 5.32 Å². The first kappa shape index (κ1) is 21.6. The van der Waals surface area contributed by atoms with Crippen molar-refractivity contribution in [3.63, 3.8) is 0 Å². The molecular formula is C19H13BClF3N2O4. The SMILES string of the molecule is O=C(Nc1cc(Cl)ccc1B(O)O)c1ccc(Oc2ccc(C(F)(F)F)cc2)nc1. The van der Waals surface area contributed by atoms with Crippen LogP contribution in [-0.2, 0) is 6.18 Å². The van der Waals surface area contributed by atoms with Gasteiger partial charge in [0.25, 0.3) is 5.91 Å². The molecule has 6 nitrogen and oxygen atoms in total. The first-order chi connectivity index (χ1) is 14.1. The molecule has 0 saturated heterocycles. The number of ether oxygens (including phenoxy) is 1. The van der Waals surface area contributed by atoms with E-state index in [2.05, 4.69) is 10.3 Å². The molecule has 2 aromatic carbocycles. The van der Waals surface area contributed by atoms with Crippen LogP contribution in [0.3, 0.4) is 0 Å². The highest BCUT2D eigenvalue weighted by molar-refractivity contribution is 6.61. The zero-order valence-electron chi connectivity index (χ0n) is 15.0. The van der Waals surface area contributed by atoms with Crippen LogP contribution in [0.25, 0.3) is 0 Å². The number of alkyl halides is 3. The van der Waals surface area contributed by atoms with Gasteiger partial charge in [-0.15, -0.1) is 0 Å². The molecule has 0 aliphatic carbocycles. The maximum absolute atomic E-state index is 12.6. The summed E-state index contributed by atoms with van der Waals surface area (Å²) in [6.07, 6.45) is -3.24. The van der Waals surface area contributed by atoms with Crippen molar-refractivity contribution in [2.45, 2.75) is 6.18 Å². The average Bonchev–Trinajstić information content (AvgIpc) is 2.68. The summed E-state index contributed by atoms with van der Waals surface area (Å²) in [6, 6.07) is 11.0. The molecule has 0 saturated carbocycles. The van der Waals surface area contributed by atoms with Gasteiger partial charge in [0.05, 0.1) is 11.1 Å². The normalized spacial score (nSPS) is 11.1. The number of nitrogens with zero attached hydrogens (tertiary/aromatic N) is 1. The Labute approximate surface area is 174 Å². The molecule has 3 N–H and O–H groups in total. The Morgan fingerprint density at radius 1 is 1.07 bits per heavy atom. The van der Waals surface area contributed by atoms with Gasteiger partial charge >= 0.3 is 13.3 Å². The number of carbonyl (C=O) groups excluding carboxylic acids is 1. The predicted octanol–water partition coefficient (Wildman–Crippen LogP) is 3.48. The summed E-state index contributed by atoms with van der Waals surface area (Å²) in [5, 5.41) is 21.6. The van der Waals surface area contributed by atoms with Gasteiger partial charge in [0, 0.05) is 28.4 Å². The van der Waals surface area contributed by atoms with Crippen LogP contribution in [0.1, 0.15) is 15.9 Å². The predicted molar refractivity (Wildman–Crippen MR) is 105 cm³/mol. The number of carbonyl (C=O) groups is 1. The minimum atomic E-state index is -4.44. The Hall–Kier alpha value is -3.08. The highest BCUT2D eigenvalue weighted by Crippen LogP contribution is 2.31. The molecule has 30 heavy (non-hydrogen) atoms. The zero-order valence-corrected chi connectivity index (χ0v) is 15.8. The number of halogens is 4. The molecule has 3 rings (SSSR count). The molecule has 154 valence electrons. The number of nitrogens with one attached hydrogen (secondary N) is 1. The Kier molecular flexibility index (Phi) is 6.30. The third kappa shape index (κ3) is 5.29. The maximum Gasteiger partial charge on any atom is 0.490 e. The van der Waals surface area contributed by atoms with Gasteiger partial charge in [-0.2, -0.15) is 13.2 Å². The largest absolute Gasteiger partial charge is 0.490 e. The topological polar surface area (TPSA) is 91.7 Å². The van der Waals surface area contributed by atoms with Crippen molar-refractivity contribution < 1.29 is 32.8 Å². The fourth-order valence-corrected chi connectivity index (χ4v) is 2.64. The molecule has 1 heterocycles. The summed E-state index contributed by atoms with van der Waals surface area (Å²) in [5.74, 6) is -0.374. The highest BCUT2D eigenvalue weighted by Gasteiger charge is 2.30. The van der Waals surface area contributed by atoms with Crippen molar-refractivity contribution in [1.29, 1.82) is 0 Å². The molecule has 0 aliphatic heterocycles. The second-order valence-corrected chi connectivity index (χ2v) is 6.51. The van der Waals surface area contributed by atoms with Crippen LogP contribution in [0.5, 0.6) is 11.6 Å². The van der Waals surface area contributed by atoms with E-state index in [1.165, 1.54) is 36.5 Å².